The lowest BCUT2D eigenvalue weighted by molar-refractivity contribution is 0.0730. The van der Waals surface area contributed by atoms with Crippen LogP contribution in [0.25, 0.3) is 0 Å². The number of hydrogen-bond donors (Lipinski definition) is 2. The summed E-state index contributed by atoms with van der Waals surface area (Å²) in [4.78, 5) is 0.272. The molecule has 0 unspecified atom stereocenters. The second-order valence-corrected chi connectivity index (χ2v) is 8.68. The van der Waals surface area contributed by atoms with Crippen molar-refractivity contribution in [3.05, 3.63) is 59.7 Å². The number of benzene rings is 2. The van der Waals surface area contributed by atoms with Crippen molar-refractivity contribution in [3.63, 3.8) is 0 Å². The number of anilines is 1. The van der Waals surface area contributed by atoms with Crippen molar-refractivity contribution in [2.75, 3.05) is 31.6 Å². The minimum absolute atomic E-state index is 0.272. The van der Waals surface area contributed by atoms with Gasteiger partial charge in [0.05, 0.1) is 18.1 Å². The Morgan fingerprint density at radius 2 is 1.70 bits per heavy atom. The molecule has 0 atom stereocenters. The normalized spacial score (nSPS) is 15.3. The van der Waals surface area contributed by atoms with Crippen LogP contribution in [0.5, 0.6) is 0 Å². The van der Waals surface area contributed by atoms with E-state index < -0.39 is 10.0 Å². The third kappa shape index (κ3) is 5.26. The van der Waals surface area contributed by atoms with E-state index >= 15 is 0 Å². The predicted molar refractivity (Wildman–Crippen MR) is 110 cm³/mol. The molecule has 1 heterocycles. The van der Waals surface area contributed by atoms with E-state index in [1.165, 1.54) is 9.87 Å². The van der Waals surface area contributed by atoms with Crippen molar-refractivity contribution in [3.8, 4) is 0 Å². The Morgan fingerprint density at radius 3 is 2.33 bits per heavy atom. The second-order valence-electron chi connectivity index (χ2n) is 6.33. The molecule has 1 fully saturated rings. The van der Waals surface area contributed by atoms with Crippen molar-refractivity contribution in [1.82, 2.24) is 9.62 Å². The third-order valence-electron chi connectivity index (χ3n) is 4.29. The zero-order valence-corrected chi connectivity index (χ0v) is 16.8. The van der Waals surface area contributed by atoms with E-state index in [-0.39, 0.29) is 4.90 Å². The Morgan fingerprint density at radius 1 is 1.07 bits per heavy atom. The first kappa shape index (κ1) is 19.8. The highest BCUT2D eigenvalue weighted by atomic mass is 32.2. The molecule has 1 saturated heterocycles. The van der Waals surface area contributed by atoms with Gasteiger partial charge < -0.3 is 15.4 Å². The highest BCUT2D eigenvalue weighted by molar-refractivity contribution is 7.89. The summed E-state index contributed by atoms with van der Waals surface area (Å²) in [6.45, 7) is 4.30. The fourth-order valence-corrected chi connectivity index (χ4v) is 4.31. The molecule has 1 aliphatic rings. The van der Waals surface area contributed by atoms with E-state index in [2.05, 4.69) is 34.9 Å². The number of nitrogens with zero attached hydrogens (tertiary/aromatic N) is 1. The van der Waals surface area contributed by atoms with Crippen LogP contribution in [-0.4, -0.2) is 44.1 Å². The van der Waals surface area contributed by atoms with Crippen LogP contribution in [0.4, 0.5) is 5.69 Å². The van der Waals surface area contributed by atoms with Crippen LogP contribution < -0.4 is 10.6 Å². The van der Waals surface area contributed by atoms with Gasteiger partial charge in [-0.05, 0) is 49.0 Å². The largest absolute Gasteiger partial charge is 0.379 e. The van der Waals surface area contributed by atoms with Crippen LogP contribution in [0.3, 0.4) is 0 Å². The minimum Gasteiger partial charge on any atom is -0.379 e. The first-order valence-electron chi connectivity index (χ1n) is 8.73. The van der Waals surface area contributed by atoms with Crippen LogP contribution in [0.15, 0.2) is 53.4 Å². The molecule has 0 aliphatic carbocycles. The Balaban J connectivity index is 1.56. The summed E-state index contributed by atoms with van der Waals surface area (Å²) >= 11 is 5.31. The second kappa shape index (κ2) is 8.79. The predicted octanol–water partition coefficient (Wildman–Crippen LogP) is 2.50. The topological polar surface area (TPSA) is 70.7 Å². The van der Waals surface area contributed by atoms with Gasteiger partial charge in [-0.3, -0.25) is 0 Å². The van der Waals surface area contributed by atoms with Gasteiger partial charge in [-0.2, -0.15) is 4.31 Å². The maximum atomic E-state index is 12.6. The van der Waals surface area contributed by atoms with Crippen LogP contribution in [0.1, 0.15) is 11.1 Å². The summed E-state index contributed by atoms with van der Waals surface area (Å²) in [5.41, 5.74) is 3.08. The zero-order valence-electron chi connectivity index (χ0n) is 15.1. The SMILES string of the molecule is Cc1ccc(CNC(=S)Nc2ccc(S(=O)(=O)N3CCOCC3)cc2)cc1. The maximum absolute atomic E-state index is 12.6. The summed E-state index contributed by atoms with van der Waals surface area (Å²) in [5.74, 6) is 0. The molecule has 0 radical (unpaired) electrons. The Labute approximate surface area is 165 Å². The monoisotopic (exact) mass is 405 g/mol. The summed E-state index contributed by atoms with van der Waals surface area (Å²) in [6, 6.07) is 14.8. The molecular formula is C19H23N3O3S2. The average molecular weight is 406 g/mol. The molecule has 6 nitrogen and oxygen atoms in total. The lowest BCUT2D eigenvalue weighted by Crippen LogP contribution is -2.40. The molecule has 3 rings (SSSR count). The van der Waals surface area contributed by atoms with Crippen LogP contribution in [0.2, 0.25) is 0 Å². The first-order chi connectivity index (χ1) is 12.9. The molecule has 0 spiro atoms. The molecule has 0 saturated carbocycles. The van der Waals surface area contributed by atoms with Crippen LogP contribution >= 0.6 is 12.2 Å². The van der Waals surface area contributed by atoms with E-state index in [4.69, 9.17) is 17.0 Å². The van der Waals surface area contributed by atoms with Gasteiger partial charge >= 0.3 is 0 Å². The first-order valence-corrected chi connectivity index (χ1v) is 10.6. The molecular weight excluding hydrogens is 382 g/mol. The molecule has 2 N–H and O–H groups in total. The fraction of sp³-hybridized carbons (Fsp3) is 0.316. The van der Waals surface area contributed by atoms with Crippen molar-refractivity contribution >= 4 is 33.0 Å². The highest BCUT2D eigenvalue weighted by Gasteiger charge is 2.26. The average Bonchev–Trinajstić information content (AvgIpc) is 2.69. The lowest BCUT2D eigenvalue weighted by Gasteiger charge is -2.26. The van der Waals surface area contributed by atoms with Gasteiger partial charge in [0, 0.05) is 25.3 Å². The molecule has 2 aromatic carbocycles. The molecule has 2 aromatic rings. The molecule has 0 bridgehead atoms. The number of sulfonamides is 1. The molecule has 0 aromatic heterocycles. The number of hydrogen-bond acceptors (Lipinski definition) is 4. The van der Waals surface area contributed by atoms with Gasteiger partial charge in [-0.25, -0.2) is 8.42 Å². The van der Waals surface area contributed by atoms with Gasteiger partial charge in [0.25, 0.3) is 0 Å². The van der Waals surface area contributed by atoms with E-state index in [9.17, 15) is 8.42 Å². The van der Waals surface area contributed by atoms with Crippen molar-refractivity contribution in [2.45, 2.75) is 18.4 Å². The number of morpholine rings is 1. The lowest BCUT2D eigenvalue weighted by atomic mass is 10.1. The van der Waals surface area contributed by atoms with Gasteiger partial charge in [0.1, 0.15) is 0 Å². The number of ether oxygens (including phenoxy) is 1. The van der Waals surface area contributed by atoms with E-state index in [0.29, 0.717) is 38.0 Å². The number of aryl methyl sites for hydroxylation is 1. The van der Waals surface area contributed by atoms with Gasteiger partial charge in [-0.15, -0.1) is 0 Å². The molecule has 27 heavy (non-hydrogen) atoms. The highest BCUT2D eigenvalue weighted by Crippen LogP contribution is 2.19. The quantitative estimate of drug-likeness (QED) is 0.745. The number of rotatable bonds is 5. The summed E-state index contributed by atoms with van der Waals surface area (Å²) < 4.78 is 31.9. The third-order valence-corrected chi connectivity index (χ3v) is 6.45. The molecule has 1 aliphatic heterocycles. The van der Waals surface area contributed by atoms with E-state index in [0.717, 1.165) is 11.3 Å². The van der Waals surface area contributed by atoms with Crippen molar-refractivity contribution in [2.24, 2.45) is 0 Å². The maximum Gasteiger partial charge on any atom is 0.243 e. The standard InChI is InChI=1S/C19H23N3O3S2/c1-15-2-4-16(5-3-15)14-20-19(26)21-17-6-8-18(9-7-17)27(23,24)22-10-12-25-13-11-22/h2-9H,10-14H2,1H3,(H2,20,21,26). The minimum atomic E-state index is -3.48. The summed E-state index contributed by atoms with van der Waals surface area (Å²) in [5, 5.41) is 6.70. The van der Waals surface area contributed by atoms with Gasteiger partial charge in [0.2, 0.25) is 10.0 Å². The summed E-state index contributed by atoms with van der Waals surface area (Å²) in [7, 11) is -3.48. The molecule has 144 valence electrons. The van der Waals surface area contributed by atoms with Gasteiger partial charge in [0.15, 0.2) is 5.11 Å². The van der Waals surface area contributed by atoms with Crippen molar-refractivity contribution in [1.29, 1.82) is 0 Å². The Hall–Kier alpha value is -2.00. The van der Waals surface area contributed by atoms with Gasteiger partial charge in [-0.1, -0.05) is 29.8 Å². The van der Waals surface area contributed by atoms with Crippen LogP contribution in [-0.2, 0) is 21.3 Å². The molecule has 0 amide bonds. The Bertz CT molecular complexity index is 875. The Kier molecular flexibility index (Phi) is 6.43. The van der Waals surface area contributed by atoms with Crippen LogP contribution in [0, 0.1) is 6.92 Å². The van der Waals surface area contributed by atoms with E-state index in [1.807, 2.05) is 6.92 Å². The molecule has 8 heteroatoms. The fourth-order valence-electron chi connectivity index (χ4n) is 2.71. The zero-order chi connectivity index (χ0) is 19.3. The smallest absolute Gasteiger partial charge is 0.243 e. The number of nitrogens with one attached hydrogen (secondary N) is 2. The summed E-state index contributed by atoms with van der Waals surface area (Å²) in [6.07, 6.45) is 0. The van der Waals surface area contributed by atoms with E-state index in [1.54, 1.807) is 24.3 Å². The number of thiocarbonyl (C=S) groups is 1. The van der Waals surface area contributed by atoms with Crippen molar-refractivity contribution < 1.29 is 13.2 Å².